The van der Waals surface area contributed by atoms with Crippen LogP contribution in [0, 0.1) is 13.8 Å². The monoisotopic (exact) mass is 303 g/mol. The van der Waals surface area contributed by atoms with Gasteiger partial charge >= 0.3 is 0 Å². The van der Waals surface area contributed by atoms with Crippen molar-refractivity contribution in [2.75, 3.05) is 0 Å². The molecule has 2 nitrogen and oxygen atoms in total. The van der Waals surface area contributed by atoms with Crippen molar-refractivity contribution in [3.05, 3.63) is 63.4 Å². The van der Waals surface area contributed by atoms with Crippen molar-refractivity contribution in [3.63, 3.8) is 0 Å². The number of halogens is 1. The fourth-order valence-corrected chi connectivity index (χ4v) is 2.13. The second kappa shape index (κ2) is 5.44. The van der Waals surface area contributed by atoms with Crippen molar-refractivity contribution in [1.29, 1.82) is 0 Å². The van der Waals surface area contributed by atoms with E-state index < -0.39 is 0 Å². The summed E-state index contributed by atoms with van der Waals surface area (Å²) in [5.41, 5.74) is 3.77. The summed E-state index contributed by atoms with van der Waals surface area (Å²) >= 11 is 3.33. The molecule has 0 N–H and O–H groups in total. The van der Waals surface area contributed by atoms with E-state index in [4.69, 9.17) is 0 Å². The van der Waals surface area contributed by atoms with E-state index in [1.54, 1.807) is 6.20 Å². The molecule has 0 fully saturated rings. The molecule has 0 aliphatic rings. The average Bonchev–Trinajstić information content (AvgIpc) is 2.32. The number of hydrogen-bond acceptors (Lipinski definition) is 2. The largest absolute Gasteiger partial charge is 0.294 e. The number of aryl methyl sites for hydroxylation is 2. The molecule has 0 unspecified atom stereocenters. The maximum Gasteiger partial charge on any atom is 0.169 e. The molecule has 0 aliphatic heterocycles. The summed E-state index contributed by atoms with van der Waals surface area (Å²) in [5, 5.41) is 0. The van der Waals surface area contributed by atoms with Gasteiger partial charge in [-0.2, -0.15) is 0 Å². The molecule has 2 rings (SSSR count). The molecular formula is C15H14BrNO. The lowest BCUT2D eigenvalue weighted by atomic mass is 9.99. The van der Waals surface area contributed by atoms with Gasteiger partial charge in [-0.05, 0) is 47.5 Å². The maximum absolute atomic E-state index is 12.2. The highest BCUT2D eigenvalue weighted by molar-refractivity contribution is 9.10. The van der Waals surface area contributed by atoms with Gasteiger partial charge in [0.1, 0.15) is 0 Å². The van der Waals surface area contributed by atoms with Crippen LogP contribution in [0.4, 0.5) is 0 Å². The summed E-state index contributed by atoms with van der Waals surface area (Å²) in [6.07, 6.45) is 2.06. The second-order valence-electron chi connectivity index (χ2n) is 4.39. The molecule has 2 aromatic rings. The number of ketones is 1. The molecular weight excluding hydrogens is 290 g/mol. The lowest BCUT2D eigenvalue weighted by molar-refractivity contribution is 0.0991. The number of nitrogens with zero attached hydrogens (tertiary/aromatic N) is 1. The van der Waals surface area contributed by atoms with Gasteiger partial charge in [-0.15, -0.1) is 0 Å². The van der Waals surface area contributed by atoms with E-state index in [0.29, 0.717) is 6.42 Å². The second-order valence-corrected chi connectivity index (χ2v) is 5.30. The van der Waals surface area contributed by atoms with E-state index in [-0.39, 0.29) is 5.78 Å². The summed E-state index contributed by atoms with van der Waals surface area (Å²) in [5.74, 6) is 0.113. The van der Waals surface area contributed by atoms with Gasteiger partial charge in [0.2, 0.25) is 0 Å². The molecule has 3 heteroatoms. The Hall–Kier alpha value is -1.48. The molecule has 0 atom stereocenters. The van der Waals surface area contributed by atoms with Crippen molar-refractivity contribution in [2.45, 2.75) is 20.3 Å². The van der Waals surface area contributed by atoms with Crippen molar-refractivity contribution < 1.29 is 4.79 Å². The van der Waals surface area contributed by atoms with Crippen LogP contribution in [0.15, 0.2) is 41.0 Å². The summed E-state index contributed by atoms with van der Waals surface area (Å²) in [6, 6.07) is 9.66. The Kier molecular flexibility index (Phi) is 3.92. The van der Waals surface area contributed by atoms with Gasteiger partial charge in [0, 0.05) is 21.9 Å². The fraction of sp³-hybridized carbons (Fsp3) is 0.200. The van der Waals surface area contributed by atoms with E-state index in [1.807, 2.05) is 44.2 Å². The Bertz CT molecular complexity index is 576. The Balaban J connectivity index is 2.19. The molecule has 18 heavy (non-hydrogen) atoms. The zero-order valence-electron chi connectivity index (χ0n) is 10.4. The highest BCUT2D eigenvalue weighted by atomic mass is 79.9. The van der Waals surface area contributed by atoms with Gasteiger partial charge in [-0.3, -0.25) is 9.78 Å². The van der Waals surface area contributed by atoms with Crippen LogP contribution in [0.2, 0.25) is 0 Å². The Morgan fingerprint density at radius 2 is 2.00 bits per heavy atom. The number of aromatic nitrogens is 1. The Morgan fingerprint density at radius 3 is 2.61 bits per heavy atom. The lowest BCUT2D eigenvalue weighted by Gasteiger charge is -2.06. The quantitative estimate of drug-likeness (QED) is 0.805. The number of Topliss-reactive ketones (excluding diaryl/α,β-unsaturated/α-hetero) is 1. The smallest absolute Gasteiger partial charge is 0.169 e. The van der Waals surface area contributed by atoms with Crippen molar-refractivity contribution >= 4 is 21.7 Å². The molecule has 0 saturated heterocycles. The van der Waals surface area contributed by atoms with E-state index >= 15 is 0 Å². The van der Waals surface area contributed by atoms with Crippen LogP contribution in [-0.4, -0.2) is 10.8 Å². The summed E-state index contributed by atoms with van der Waals surface area (Å²) in [6.45, 7) is 3.99. The van der Waals surface area contributed by atoms with Gasteiger partial charge in [-0.1, -0.05) is 23.8 Å². The summed E-state index contributed by atoms with van der Waals surface area (Å²) < 4.78 is 0.921. The molecule has 0 bridgehead atoms. The highest BCUT2D eigenvalue weighted by Gasteiger charge is 2.10. The highest BCUT2D eigenvalue weighted by Crippen LogP contribution is 2.14. The molecule has 1 heterocycles. The molecule has 1 aromatic carbocycles. The third kappa shape index (κ3) is 3.05. The van der Waals surface area contributed by atoms with E-state index in [1.165, 1.54) is 5.56 Å². The number of benzene rings is 1. The summed E-state index contributed by atoms with van der Waals surface area (Å²) in [4.78, 5) is 16.4. The molecule has 0 spiro atoms. The van der Waals surface area contributed by atoms with Crippen molar-refractivity contribution in [2.24, 2.45) is 0 Å². The maximum atomic E-state index is 12.2. The third-order valence-corrected chi connectivity index (χ3v) is 3.28. The van der Waals surface area contributed by atoms with Crippen LogP contribution in [0.1, 0.15) is 27.2 Å². The fourth-order valence-electron chi connectivity index (χ4n) is 1.90. The first-order valence-electron chi connectivity index (χ1n) is 5.77. The van der Waals surface area contributed by atoms with Crippen molar-refractivity contribution in [3.8, 4) is 0 Å². The molecule has 0 aliphatic carbocycles. The number of pyridine rings is 1. The summed E-state index contributed by atoms with van der Waals surface area (Å²) in [7, 11) is 0. The van der Waals surface area contributed by atoms with Crippen LogP contribution in [0.25, 0.3) is 0 Å². The van der Waals surface area contributed by atoms with Crippen molar-refractivity contribution in [1.82, 2.24) is 4.98 Å². The number of hydrogen-bond donors (Lipinski definition) is 0. The van der Waals surface area contributed by atoms with Crippen LogP contribution < -0.4 is 0 Å². The molecule has 0 amide bonds. The van der Waals surface area contributed by atoms with Crippen LogP contribution in [0.3, 0.4) is 0 Å². The predicted octanol–water partition coefficient (Wildman–Crippen LogP) is 3.89. The SMILES string of the molecule is Cc1ccc(C(=O)Cc2ccc(Br)cn2)c(C)c1. The normalized spacial score (nSPS) is 10.4. The van der Waals surface area contributed by atoms with E-state index in [9.17, 15) is 4.79 Å². The van der Waals surface area contributed by atoms with E-state index in [2.05, 4.69) is 20.9 Å². The molecule has 1 aromatic heterocycles. The molecule has 92 valence electrons. The first-order valence-corrected chi connectivity index (χ1v) is 6.56. The number of carbonyl (C=O) groups is 1. The van der Waals surface area contributed by atoms with Crippen LogP contribution in [-0.2, 0) is 6.42 Å². The zero-order valence-corrected chi connectivity index (χ0v) is 12.0. The van der Waals surface area contributed by atoms with Gasteiger partial charge < -0.3 is 0 Å². The van der Waals surface area contributed by atoms with Gasteiger partial charge in [-0.25, -0.2) is 0 Å². The number of carbonyl (C=O) groups excluding carboxylic acids is 1. The van der Waals surface area contributed by atoms with Crippen LogP contribution in [0.5, 0.6) is 0 Å². The standard InChI is InChI=1S/C15H14BrNO/c1-10-3-6-14(11(2)7-10)15(18)8-13-5-4-12(16)9-17-13/h3-7,9H,8H2,1-2H3. The molecule has 0 saturated carbocycles. The minimum atomic E-state index is 0.113. The minimum Gasteiger partial charge on any atom is -0.294 e. The van der Waals surface area contributed by atoms with Gasteiger partial charge in [0.15, 0.2) is 5.78 Å². The third-order valence-electron chi connectivity index (χ3n) is 2.81. The Morgan fingerprint density at radius 1 is 1.22 bits per heavy atom. The lowest BCUT2D eigenvalue weighted by Crippen LogP contribution is -2.07. The van der Waals surface area contributed by atoms with Crippen LogP contribution >= 0.6 is 15.9 Å². The average molecular weight is 304 g/mol. The first-order chi connectivity index (χ1) is 8.56. The molecule has 0 radical (unpaired) electrons. The topological polar surface area (TPSA) is 30.0 Å². The van der Waals surface area contributed by atoms with E-state index in [0.717, 1.165) is 21.3 Å². The predicted molar refractivity (Wildman–Crippen MR) is 75.9 cm³/mol. The number of rotatable bonds is 3. The van der Waals surface area contributed by atoms with Gasteiger partial charge in [0.05, 0.1) is 6.42 Å². The zero-order chi connectivity index (χ0) is 13.1. The first kappa shape index (κ1) is 13.0. The minimum absolute atomic E-state index is 0.113. The Labute approximate surface area is 115 Å². The van der Waals surface area contributed by atoms with Gasteiger partial charge in [0.25, 0.3) is 0 Å².